The Hall–Kier alpha value is -1.52. The molecular weight excluding hydrogens is 204 g/mol. The predicted octanol–water partition coefficient (Wildman–Crippen LogP) is 0.770. The molecule has 1 saturated carbocycles. The molecule has 0 radical (unpaired) electrons. The molecule has 1 atom stereocenters. The molecule has 1 unspecified atom stereocenters. The minimum Gasteiger partial charge on any atom is -0.396 e. The summed E-state index contributed by atoms with van der Waals surface area (Å²) in [5.41, 5.74) is 6.10. The van der Waals surface area contributed by atoms with Crippen molar-refractivity contribution in [2.75, 3.05) is 5.73 Å². The highest BCUT2D eigenvalue weighted by Crippen LogP contribution is 2.29. The van der Waals surface area contributed by atoms with Crippen LogP contribution >= 0.6 is 0 Å². The molecule has 0 saturated heterocycles. The summed E-state index contributed by atoms with van der Waals surface area (Å²) in [6.45, 7) is 2.31. The van der Waals surface area contributed by atoms with E-state index in [1.165, 1.54) is 19.3 Å². The number of anilines is 1. The molecule has 1 aliphatic carbocycles. The number of aromatic nitrogens is 2. The average Bonchev–Trinajstić information content (AvgIpc) is 2.47. The molecule has 1 heterocycles. The fraction of sp³-hybridized carbons (Fsp3) is 0.636. The number of nitrogens with one attached hydrogen (secondary N) is 1. The number of nitrogens with two attached hydrogens (primary N) is 1. The van der Waals surface area contributed by atoms with Crippen molar-refractivity contribution in [3.8, 4) is 0 Å². The van der Waals surface area contributed by atoms with Crippen LogP contribution in [0.5, 0.6) is 0 Å². The summed E-state index contributed by atoms with van der Waals surface area (Å²) in [5, 5.41) is 6.97. The van der Waals surface area contributed by atoms with Gasteiger partial charge in [-0.05, 0) is 25.7 Å². The second-order valence-corrected chi connectivity index (χ2v) is 4.52. The van der Waals surface area contributed by atoms with Gasteiger partial charge in [-0.3, -0.25) is 9.48 Å². The van der Waals surface area contributed by atoms with Crippen molar-refractivity contribution in [1.82, 2.24) is 15.1 Å². The van der Waals surface area contributed by atoms with Gasteiger partial charge in [0.25, 0.3) is 0 Å². The standard InChI is InChI=1S/C11H18N4O/c1-8(9-3-2-4-9)14-11(16)7-15-6-10(12)5-13-15/h5-6,8-9H,2-4,7,12H2,1H3,(H,14,16). The summed E-state index contributed by atoms with van der Waals surface area (Å²) in [6, 6.07) is 0.272. The first-order chi connectivity index (χ1) is 7.65. The van der Waals surface area contributed by atoms with Crippen molar-refractivity contribution >= 4 is 11.6 Å². The molecule has 0 spiro atoms. The highest BCUT2D eigenvalue weighted by molar-refractivity contribution is 5.76. The summed E-state index contributed by atoms with van der Waals surface area (Å²) in [5.74, 6) is 0.661. The van der Waals surface area contributed by atoms with Gasteiger partial charge in [0.2, 0.25) is 5.91 Å². The minimum absolute atomic E-state index is 0.00231. The van der Waals surface area contributed by atoms with Crippen LogP contribution in [-0.4, -0.2) is 21.7 Å². The Bertz CT molecular complexity index is 370. The maximum absolute atomic E-state index is 11.7. The Kier molecular flexibility index (Phi) is 3.12. The summed E-state index contributed by atoms with van der Waals surface area (Å²) >= 11 is 0. The van der Waals surface area contributed by atoms with Crippen molar-refractivity contribution in [2.24, 2.45) is 5.92 Å². The molecule has 1 fully saturated rings. The van der Waals surface area contributed by atoms with Crippen LogP contribution in [0.15, 0.2) is 12.4 Å². The fourth-order valence-electron chi connectivity index (χ4n) is 1.97. The number of rotatable bonds is 4. The number of nitrogens with zero attached hydrogens (tertiary/aromatic N) is 2. The number of amides is 1. The minimum atomic E-state index is 0.00231. The molecule has 16 heavy (non-hydrogen) atoms. The van der Waals surface area contributed by atoms with Gasteiger partial charge in [-0.2, -0.15) is 5.10 Å². The first kappa shape index (κ1) is 11.0. The Balaban J connectivity index is 1.79. The molecule has 0 bridgehead atoms. The van der Waals surface area contributed by atoms with Crippen LogP contribution in [0.2, 0.25) is 0 Å². The van der Waals surface area contributed by atoms with Gasteiger partial charge in [-0.1, -0.05) is 6.42 Å². The van der Waals surface area contributed by atoms with Crippen molar-refractivity contribution in [3.05, 3.63) is 12.4 Å². The van der Waals surface area contributed by atoms with Crippen molar-refractivity contribution in [1.29, 1.82) is 0 Å². The molecule has 1 aliphatic rings. The average molecular weight is 222 g/mol. The van der Waals surface area contributed by atoms with Gasteiger partial charge in [0.05, 0.1) is 11.9 Å². The number of nitrogen functional groups attached to an aromatic ring is 1. The SMILES string of the molecule is CC(NC(=O)Cn1cc(N)cn1)C1CCC1. The maximum Gasteiger partial charge on any atom is 0.241 e. The summed E-state index contributed by atoms with van der Waals surface area (Å²) in [7, 11) is 0. The molecule has 0 aromatic carbocycles. The Morgan fingerprint density at radius 1 is 1.75 bits per heavy atom. The third-order valence-corrected chi connectivity index (χ3v) is 3.20. The van der Waals surface area contributed by atoms with Gasteiger partial charge in [-0.25, -0.2) is 0 Å². The largest absolute Gasteiger partial charge is 0.396 e. The zero-order valence-electron chi connectivity index (χ0n) is 9.52. The molecule has 1 aromatic heterocycles. The van der Waals surface area contributed by atoms with E-state index >= 15 is 0 Å². The quantitative estimate of drug-likeness (QED) is 0.790. The molecular formula is C11H18N4O. The molecule has 1 amide bonds. The van der Waals surface area contributed by atoms with Crippen molar-refractivity contribution < 1.29 is 4.79 Å². The third kappa shape index (κ3) is 2.53. The van der Waals surface area contributed by atoms with E-state index in [9.17, 15) is 4.79 Å². The summed E-state index contributed by atoms with van der Waals surface area (Å²) in [4.78, 5) is 11.7. The topological polar surface area (TPSA) is 72.9 Å². The van der Waals surface area contributed by atoms with Crippen molar-refractivity contribution in [2.45, 2.75) is 38.8 Å². The summed E-state index contributed by atoms with van der Waals surface area (Å²) in [6.07, 6.45) is 6.96. The monoisotopic (exact) mass is 222 g/mol. The Labute approximate surface area is 95.0 Å². The highest BCUT2D eigenvalue weighted by Gasteiger charge is 2.24. The van der Waals surface area contributed by atoms with E-state index < -0.39 is 0 Å². The van der Waals surface area contributed by atoms with Crippen LogP contribution in [0.25, 0.3) is 0 Å². The first-order valence-electron chi connectivity index (χ1n) is 5.72. The van der Waals surface area contributed by atoms with E-state index in [-0.39, 0.29) is 18.5 Å². The van der Waals surface area contributed by atoms with E-state index in [0.29, 0.717) is 11.6 Å². The number of carbonyl (C=O) groups excluding carboxylic acids is 1. The lowest BCUT2D eigenvalue weighted by atomic mass is 9.80. The van der Waals surface area contributed by atoms with E-state index in [4.69, 9.17) is 5.73 Å². The first-order valence-corrected chi connectivity index (χ1v) is 5.72. The zero-order chi connectivity index (χ0) is 11.5. The van der Waals surface area contributed by atoms with E-state index in [1.807, 2.05) is 0 Å². The maximum atomic E-state index is 11.7. The van der Waals surface area contributed by atoms with Crippen LogP contribution in [0.3, 0.4) is 0 Å². The van der Waals surface area contributed by atoms with Gasteiger partial charge in [0.15, 0.2) is 0 Å². The molecule has 5 heteroatoms. The van der Waals surface area contributed by atoms with Crippen LogP contribution in [-0.2, 0) is 11.3 Å². The highest BCUT2D eigenvalue weighted by atomic mass is 16.2. The van der Waals surface area contributed by atoms with Gasteiger partial charge in [0.1, 0.15) is 6.54 Å². The van der Waals surface area contributed by atoms with E-state index in [0.717, 1.165) is 0 Å². The molecule has 5 nitrogen and oxygen atoms in total. The van der Waals surface area contributed by atoms with E-state index in [2.05, 4.69) is 17.3 Å². The molecule has 0 aliphatic heterocycles. The number of carbonyl (C=O) groups is 1. The van der Waals surface area contributed by atoms with Crippen LogP contribution in [0.1, 0.15) is 26.2 Å². The summed E-state index contributed by atoms with van der Waals surface area (Å²) < 4.78 is 1.55. The van der Waals surface area contributed by atoms with Gasteiger partial charge < -0.3 is 11.1 Å². The second kappa shape index (κ2) is 4.55. The van der Waals surface area contributed by atoms with Gasteiger partial charge in [0, 0.05) is 12.2 Å². The number of hydrogen-bond acceptors (Lipinski definition) is 3. The van der Waals surface area contributed by atoms with Gasteiger partial charge >= 0.3 is 0 Å². The van der Waals surface area contributed by atoms with Crippen molar-refractivity contribution in [3.63, 3.8) is 0 Å². The molecule has 2 rings (SSSR count). The van der Waals surface area contributed by atoms with Crippen LogP contribution in [0, 0.1) is 5.92 Å². The Morgan fingerprint density at radius 2 is 2.50 bits per heavy atom. The third-order valence-electron chi connectivity index (χ3n) is 3.20. The number of hydrogen-bond donors (Lipinski definition) is 2. The second-order valence-electron chi connectivity index (χ2n) is 4.52. The van der Waals surface area contributed by atoms with Crippen LogP contribution in [0.4, 0.5) is 5.69 Å². The van der Waals surface area contributed by atoms with E-state index in [1.54, 1.807) is 17.1 Å². The normalized spacial score (nSPS) is 17.8. The Morgan fingerprint density at radius 3 is 3.00 bits per heavy atom. The fourth-order valence-corrected chi connectivity index (χ4v) is 1.97. The van der Waals surface area contributed by atoms with Gasteiger partial charge in [-0.15, -0.1) is 0 Å². The lowest BCUT2D eigenvalue weighted by Crippen LogP contribution is -2.42. The lowest BCUT2D eigenvalue weighted by Gasteiger charge is -2.31. The molecule has 88 valence electrons. The molecule has 1 aromatic rings. The lowest BCUT2D eigenvalue weighted by molar-refractivity contribution is -0.123. The smallest absolute Gasteiger partial charge is 0.241 e. The van der Waals surface area contributed by atoms with Crippen LogP contribution < -0.4 is 11.1 Å². The molecule has 3 N–H and O–H groups in total. The zero-order valence-corrected chi connectivity index (χ0v) is 9.52. The predicted molar refractivity (Wildman–Crippen MR) is 61.6 cm³/mol.